The maximum atomic E-state index is 13.4. The normalized spacial score (nSPS) is 24.2. The Morgan fingerprint density at radius 2 is 1.76 bits per heavy atom. The molecule has 6 heteroatoms. The summed E-state index contributed by atoms with van der Waals surface area (Å²) in [5.41, 5.74) is 1.82. The van der Waals surface area contributed by atoms with E-state index in [2.05, 4.69) is 33.0 Å². The summed E-state index contributed by atoms with van der Waals surface area (Å²) >= 11 is 0. The fourth-order valence-corrected chi connectivity index (χ4v) is 4.51. The van der Waals surface area contributed by atoms with E-state index in [-0.39, 0.29) is 29.8 Å². The minimum absolute atomic E-state index is 0.00922. The van der Waals surface area contributed by atoms with Crippen LogP contribution in [0.5, 0.6) is 0 Å². The van der Waals surface area contributed by atoms with Gasteiger partial charge in [0.05, 0.1) is 6.04 Å². The zero-order chi connectivity index (χ0) is 21.3. The molecule has 0 spiro atoms. The molecule has 3 atom stereocenters. The number of fused-ring (bicyclic) bond motifs is 1. The molecule has 0 aliphatic carbocycles. The number of rotatable bonds is 5. The summed E-state index contributed by atoms with van der Waals surface area (Å²) in [4.78, 5) is 41.7. The van der Waals surface area contributed by atoms with E-state index in [0.717, 1.165) is 0 Å². The van der Waals surface area contributed by atoms with Gasteiger partial charge in [0.2, 0.25) is 11.8 Å². The highest BCUT2D eigenvalue weighted by Gasteiger charge is 2.47. The molecule has 3 rings (SSSR count). The van der Waals surface area contributed by atoms with Crippen LogP contribution in [-0.2, 0) is 9.59 Å². The zero-order valence-corrected chi connectivity index (χ0v) is 18.1. The number of nitrogens with zero attached hydrogens (tertiary/aromatic N) is 2. The molecule has 0 unspecified atom stereocenters. The van der Waals surface area contributed by atoms with E-state index in [1.165, 1.54) is 12.5 Å². The van der Waals surface area contributed by atoms with Crippen molar-refractivity contribution in [3.63, 3.8) is 0 Å². The summed E-state index contributed by atoms with van der Waals surface area (Å²) in [6, 6.07) is 7.21. The summed E-state index contributed by atoms with van der Waals surface area (Å²) in [7, 11) is 0. The molecule has 1 aromatic carbocycles. The van der Waals surface area contributed by atoms with Crippen LogP contribution in [-0.4, -0.2) is 58.7 Å². The standard InChI is InChI=1S/C23H33N3O3/c1-14(2)10-21-23(29)25-12-19(24-16(5)27)11-20(25)13-26(21)22(28)18-8-6-17(7-9-18)15(3)4/h6-9,14-15,19-21H,10-13H2,1-5H3,(H,24,27)/t19-,20-,21-/m0/s1. The molecule has 2 aliphatic heterocycles. The van der Waals surface area contributed by atoms with Gasteiger partial charge in [0.15, 0.2) is 0 Å². The van der Waals surface area contributed by atoms with E-state index in [1.807, 2.05) is 29.2 Å². The maximum absolute atomic E-state index is 13.4. The van der Waals surface area contributed by atoms with Gasteiger partial charge in [0, 0.05) is 31.6 Å². The third-order valence-electron chi connectivity index (χ3n) is 5.95. The van der Waals surface area contributed by atoms with Gasteiger partial charge in [-0.05, 0) is 42.4 Å². The number of piperazine rings is 1. The Bertz CT molecular complexity index is 772. The molecule has 0 saturated carbocycles. The minimum Gasteiger partial charge on any atom is -0.352 e. The molecule has 6 nitrogen and oxygen atoms in total. The van der Waals surface area contributed by atoms with Crippen LogP contribution in [0.3, 0.4) is 0 Å². The Balaban J connectivity index is 1.84. The summed E-state index contributed by atoms with van der Waals surface area (Å²) < 4.78 is 0. The topological polar surface area (TPSA) is 69.7 Å². The van der Waals surface area contributed by atoms with E-state index < -0.39 is 6.04 Å². The SMILES string of the molecule is CC(=O)N[C@H]1C[C@H]2CN(C(=O)c3ccc(C(C)C)cc3)[C@@H](CC(C)C)C(=O)N2C1. The van der Waals surface area contributed by atoms with Gasteiger partial charge in [-0.3, -0.25) is 14.4 Å². The van der Waals surface area contributed by atoms with Crippen LogP contribution in [0.15, 0.2) is 24.3 Å². The molecular formula is C23H33N3O3. The lowest BCUT2D eigenvalue weighted by Gasteiger charge is -2.43. The molecule has 2 saturated heterocycles. The average Bonchev–Trinajstić information content (AvgIpc) is 3.05. The molecule has 3 amide bonds. The van der Waals surface area contributed by atoms with Crippen molar-refractivity contribution >= 4 is 17.7 Å². The molecule has 2 fully saturated rings. The van der Waals surface area contributed by atoms with Crippen LogP contribution < -0.4 is 5.32 Å². The number of benzene rings is 1. The van der Waals surface area contributed by atoms with E-state index in [4.69, 9.17) is 0 Å². The zero-order valence-electron chi connectivity index (χ0n) is 18.1. The first-order valence-corrected chi connectivity index (χ1v) is 10.7. The highest BCUT2D eigenvalue weighted by atomic mass is 16.2. The highest BCUT2D eigenvalue weighted by Crippen LogP contribution is 2.30. The van der Waals surface area contributed by atoms with Gasteiger partial charge in [0.1, 0.15) is 6.04 Å². The number of nitrogens with one attached hydrogen (secondary N) is 1. The minimum atomic E-state index is -0.445. The molecular weight excluding hydrogens is 366 g/mol. The Morgan fingerprint density at radius 1 is 1.10 bits per heavy atom. The van der Waals surface area contributed by atoms with Crippen LogP contribution in [0.25, 0.3) is 0 Å². The van der Waals surface area contributed by atoms with Crippen molar-refractivity contribution in [2.45, 2.75) is 71.5 Å². The number of hydrogen-bond acceptors (Lipinski definition) is 3. The first-order chi connectivity index (χ1) is 13.7. The first kappa shape index (κ1) is 21.3. The van der Waals surface area contributed by atoms with Crippen LogP contribution >= 0.6 is 0 Å². The molecule has 1 aromatic rings. The second-order valence-electron chi connectivity index (χ2n) is 9.16. The second-order valence-corrected chi connectivity index (χ2v) is 9.16. The molecule has 2 heterocycles. The lowest BCUT2D eigenvalue weighted by atomic mass is 9.95. The van der Waals surface area contributed by atoms with Gasteiger partial charge >= 0.3 is 0 Å². The fourth-order valence-electron chi connectivity index (χ4n) is 4.51. The molecule has 158 valence electrons. The number of amides is 3. The monoisotopic (exact) mass is 399 g/mol. The summed E-state index contributed by atoms with van der Waals surface area (Å²) in [5.74, 6) is 0.547. The Morgan fingerprint density at radius 3 is 2.31 bits per heavy atom. The third kappa shape index (κ3) is 4.62. The predicted octanol–water partition coefficient (Wildman–Crippen LogP) is 2.79. The number of carbonyl (C=O) groups is 3. The van der Waals surface area contributed by atoms with E-state index in [9.17, 15) is 14.4 Å². The van der Waals surface area contributed by atoms with Gasteiger partial charge in [-0.15, -0.1) is 0 Å². The average molecular weight is 400 g/mol. The Hall–Kier alpha value is -2.37. The third-order valence-corrected chi connectivity index (χ3v) is 5.95. The summed E-state index contributed by atoms with van der Waals surface area (Å²) in [6.45, 7) is 10.9. The first-order valence-electron chi connectivity index (χ1n) is 10.7. The van der Waals surface area contributed by atoms with Crippen LogP contribution in [0, 0.1) is 5.92 Å². The van der Waals surface area contributed by atoms with E-state index >= 15 is 0 Å². The van der Waals surface area contributed by atoms with Gasteiger partial charge < -0.3 is 15.1 Å². The van der Waals surface area contributed by atoms with E-state index in [0.29, 0.717) is 43.3 Å². The molecule has 0 aromatic heterocycles. The van der Waals surface area contributed by atoms with Crippen LogP contribution in [0.1, 0.15) is 69.3 Å². The van der Waals surface area contributed by atoms with Crippen molar-refractivity contribution in [2.24, 2.45) is 5.92 Å². The smallest absolute Gasteiger partial charge is 0.254 e. The van der Waals surface area contributed by atoms with Crippen molar-refractivity contribution in [2.75, 3.05) is 13.1 Å². The molecule has 0 radical (unpaired) electrons. The van der Waals surface area contributed by atoms with Crippen molar-refractivity contribution in [1.82, 2.24) is 15.1 Å². The van der Waals surface area contributed by atoms with Crippen molar-refractivity contribution < 1.29 is 14.4 Å². The van der Waals surface area contributed by atoms with Crippen molar-refractivity contribution in [3.05, 3.63) is 35.4 Å². The van der Waals surface area contributed by atoms with Crippen molar-refractivity contribution in [1.29, 1.82) is 0 Å². The lowest BCUT2D eigenvalue weighted by molar-refractivity contribution is -0.142. The number of carbonyl (C=O) groups excluding carboxylic acids is 3. The lowest BCUT2D eigenvalue weighted by Crippen LogP contribution is -2.61. The Kier molecular flexibility index (Phi) is 6.30. The largest absolute Gasteiger partial charge is 0.352 e. The van der Waals surface area contributed by atoms with Crippen LogP contribution in [0.4, 0.5) is 0 Å². The second kappa shape index (κ2) is 8.56. The summed E-state index contributed by atoms with van der Waals surface area (Å²) in [6.07, 6.45) is 1.33. The number of hydrogen-bond donors (Lipinski definition) is 1. The van der Waals surface area contributed by atoms with Gasteiger partial charge in [-0.1, -0.05) is 39.8 Å². The van der Waals surface area contributed by atoms with Gasteiger partial charge in [0.25, 0.3) is 5.91 Å². The fraction of sp³-hybridized carbons (Fsp3) is 0.609. The van der Waals surface area contributed by atoms with Gasteiger partial charge in [-0.2, -0.15) is 0 Å². The quantitative estimate of drug-likeness (QED) is 0.828. The maximum Gasteiger partial charge on any atom is 0.254 e. The molecule has 1 N–H and O–H groups in total. The Labute approximate surface area is 173 Å². The highest BCUT2D eigenvalue weighted by molar-refractivity contribution is 5.98. The van der Waals surface area contributed by atoms with Crippen LogP contribution in [0.2, 0.25) is 0 Å². The van der Waals surface area contributed by atoms with Gasteiger partial charge in [-0.25, -0.2) is 0 Å². The predicted molar refractivity (Wildman–Crippen MR) is 113 cm³/mol. The molecule has 2 aliphatic rings. The summed E-state index contributed by atoms with van der Waals surface area (Å²) in [5, 5.41) is 2.93. The van der Waals surface area contributed by atoms with Crippen molar-refractivity contribution in [3.8, 4) is 0 Å². The van der Waals surface area contributed by atoms with E-state index in [1.54, 1.807) is 4.90 Å². The molecule has 0 bridgehead atoms. The molecule has 29 heavy (non-hydrogen) atoms.